The zero-order valence-corrected chi connectivity index (χ0v) is 16.3. The molecule has 0 saturated heterocycles. The van der Waals surface area contributed by atoms with E-state index in [4.69, 9.17) is 4.74 Å². The lowest BCUT2D eigenvalue weighted by atomic mass is 10.1. The highest BCUT2D eigenvalue weighted by Crippen LogP contribution is 2.33. The Hall–Kier alpha value is -3.19. The summed E-state index contributed by atoms with van der Waals surface area (Å²) in [6.45, 7) is 0.320. The van der Waals surface area contributed by atoms with Crippen molar-refractivity contribution in [2.75, 3.05) is 0 Å². The molecule has 0 aliphatic heterocycles. The number of ether oxygens (including phenoxy) is 1. The molecule has 0 aromatic heterocycles. The smallest absolute Gasteiger partial charge is 0.310 e. The van der Waals surface area contributed by atoms with Crippen LogP contribution in [0.2, 0.25) is 0 Å². The van der Waals surface area contributed by atoms with E-state index in [0.29, 0.717) is 16.6 Å². The first-order valence-electron chi connectivity index (χ1n) is 8.52. The van der Waals surface area contributed by atoms with Gasteiger partial charge in [-0.15, -0.1) is 0 Å². The highest BCUT2D eigenvalue weighted by molar-refractivity contribution is 9.10. The summed E-state index contributed by atoms with van der Waals surface area (Å²) in [5.74, 6) is -0.364. The molecule has 0 fully saturated rings. The molecule has 1 amide bonds. The molecule has 1 N–H and O–H groups in total. The van der Waals surface area contributed by atoms with Gasteiger partial charge in [-0.2, -0.15) is 0 Å². The van der Waals surface area contributed by atoms with E-state index in [2.05, 4.69) is 21.2 Å². The number of hydrogen-bond donors (Lipinski definition) is 1. The van der Waals surface area contributed by atoms with Crippen LogP contribution in [0, 0.1) is 10.1 Å². The molecule has 7 heteroatoms. The summed E-state index contributed by atoms with van der Waals surface area (Å²) in [4.78, 5) is 23.7. The maximum Gasteiger partial charge on any atom is 0.310 e. The molecular weight excluding hydrogens is 424 g/mol. The third-order valence-electron chi connectivity index (χ3n) is 4.04. The van der Waals surface area contributed by atoms with Gasteiger partial charge in [-0.25, -0.2) is 0 Å². The molecule has 28 heavy (non-hydrogen) atoms. The van der Waals surface area contributed by atoms with E-state index in [9.17, 15) is 14.9 Å². The fourth-order valence-corrected chi connectivity index (χ4v) is 3.15. The Morgan fingerprint density at radius 1 is 1.00 bits per heavy atom. The van der Waals surface area contributed by atoms with Crippen LogP contribution in [-0.2, 0) is 11.3 Å². The Labute approximate surface area is 170 Å². The van der Waals surface area contributed by atoms with Crippen molar-refractivity contribution < 1.29 is 14.5 Å². The van der Waals surface area contributed by atoms with Gasteiger partial charge in [0.25, 0.3) is 5.91 Å². The van der Waals surface area contributed by atoms with Crippen molar-refractivity contribution in [1.29, 1.82) is 0 Å². The van der Waals surface area contributed by atoms with Crippen molar-refractivity contribution in [1.82, 2.24) is 5.32 Å². The van der Waals surface area contributed by atoms with Crippen LogP contribution in [0.15, 0.2) is 83.3 Å². The van der Waals surface area contributed by atoms with Gasteiger partial charge in [-0.3, -0.25) is 14.9 Å². The van der Waals surface area contributed by atoms with Crippen LogP contribution in [0.5, 0.6) is 5.75 Å². The van der Waals surface area contributed by atoms with E-state index in [1.165, 1.54) is 12.1 Å². The van der Waals surface area contributed by atoms with Gasteiger partial charge < -0.3 is 10.1 Å². The quantitative estimate of drug-likeness (QED) is 0.422. The monoisotopic (exact) mass is 440 g/mol. The minimum atomic E-state index is -1.06. The van der Waals surface area contributed by atoms with Crippen LogP contribution in [0.4, 0.5) is 5.69 Å². The highest BCUT2D eigenvalue weighted by Gasteiger charge is 2.27. The Morgan fingerprint density at radius 2 is 1.64 bits per heavy atom. The Balaban J connectivity index is 1.89. The van der Waals surface area contributed by atoms with Gasteiger partial charge in [0.2, 0.25) is 6.10 Å². The van der Waals surface area contributed by atoms with Crippen LogP contribution >= 0.6 is 15.9 Å². The van der Waals surface area contributed by atoms with Crippen molar-refractivity contribution >= 4 is 27.5 Å². The zero-order chi connectivity index (χ0) is 19.9. The first kappa shape index (κ1) is 19.6. The van der Waals surface area contributed by atoms with E-state index < -0.39 is 16.9 Å². The molecule has 0 spiro atoms. The fraction of sp³-hybridized carbons (Fsp3) is 0.0952. The molecule has 0 bridgehead atoms. The van der Waals surface area contributed by atoms with Crippen molar-refractivity contribution in [3.63, 3.8) is 0 Å². The first-order chi connectivity index (χ1) is 13.6. The summed E-state index contributed by atoms with van der Waals surface area (Å²) in [6, 6.07) is 22.6. The minimum absolute atomic E-state index is 0.0307. The normalized spacial score (nSPS) is 11.5. The summed E-state index contributed by atoms with van der Waals surface area (Å²) in [7, 11) is 0. The molecule has 3 aromatic rings. The molecule has 0 radical (unpaired) electrons. The number of nitrogens with zero attached hydrogens (tertiary/aromatic N) is 1. The zero-order valence-electron chi connectivity index (χ0n) is 14.7. The maximum atomic E-state index is 12.9. The molecule has 0 aliphatic carbocycles. The van der Waals surface area contributed by atoms with Crippen molar-refractivity contribution in [2.45, 2.75) is 12.6 Å². The Kier molecular flexibility index (Phi) is 6.39. The van der Waals surface area contributed by atoms with Gasteiger partial charge in [0.05, 0.1) is 4.92 Å². The number of amides is 1. The third kappa shape index (κ3) is 4.75. The van der Waals surface area contributed by atoms with Gasteiger partial charge in [0.15, 0.2) is 5.75 Å². The summed E-state index contributed by atoms with van der Waals surface area (Å²) >= 11 is 3.43. The van der Waals surface area contributed by atoms with E-state index >= 15 is 0 Å². The van der Waals surface area contributed by atoms with E-state index in [-0.39, 0.29) is 11.4 Å². The van der Waals surface area contributed by atoms with Crippen LogP contribution in [0.1, 0.15) is 17.2 Å². The molecule has 1 unspecified atom stereocenters. The number of rotatable bonds is 7. The molecule has 6 nitrogen and oxygen atoms in total. The molecule has 142 valence electrons. The number of hydrogen-bond acceptors (Lipinski definition) is 4. The number of halogens is 1. The lowest BCUT2D eigenvalue weighted by molar-refractivity contribution is -0.386. The second-order valence-electron chi connectivity index (χ2n) is 5.95. The fourth-order valence-electron chi connectivity index (χ4n) is 2.66. The summed E-state index contributed by atoms with van der Waals surface area (Å²) < 4.78 is 6.51. The minimum Gasteiger partial charge on any atom is -0.469 e. The van der Waals surface area contributed by atoms with E-state index in [1.54, 1.807) is 30.3 Å². The van der Waals surface area contributed by atoms with Gasteiger partial charge in [-0.05, 0) is 17.7 Å². The molecule has 0 saturated carbocycles. The van der Waals surface area contributed by atoms with Gasteiger partial charge in [-0.1, -0.05) is 76.6 Å². The molecule has 0 heterocycles. The second kappa shape index (κ2) is 9.14. The number of para-hydroxylation sites is 2. The molecule has 0 aliphatic rings. The van der Waals surface area contributed by atoms with Gasteiger partial charge in [0.1, 0.15) is 0 Å². The second-order valence-corrected chi connectivity index (χ2v) is 6.80. The summed E-state index contributed by atoms with van der Waals surface area (Å²) in [5, 5.41) is 14.1. The average Bonchev–Trinajstić information content (AvgIpc) is 2.72. The van der Waals surface area contributed by atoms with Crippen LogP contribution in [-0.4, -0.2) is 10.8 Å². The predicted octanol–water partition coefficient (Wildman–Crippen LogP) is 4.79. The number of carbonyl (C=O) groups excluding carboxylic acids is 1. The Bertz CT molecular complexity index is 979. The van der Waals surface area contributed by atoms with Gasteiger partial charge in [0, 0.05) is 22.6 Å². The van der Waals surface area contributed by atoms with Gasteiger partial charge >= 0.3 is 5.69 Å². The molecule has 3 rings (SSSR count). The SMILES string of the molecule is O=C(NCc1ccccc1)C(Oc1ccccc1[N+](=O)[O-])c1ccccc1Br. The van der Waals surface area contributed by atoms with Crippen LogP contribution in [0.3, 0.4) is 0 Å². The van der Waals surface area contributed by atoms with Crippen molar-refractivity contribution in [3.8, 4) is 5.75 Å². The number of benzene rings is 3. The van der Waals surface area contributed by atoms with Crippen molar-refractivity contribution in [2.24, 2.45) is 0 Å². The molecule has 1 atom stereocenters. The number of nitro groups is 1. The Morgan fingerprint density at radius 3 is 2.36 bits per heavy atom. The molecule has 3 aromatic carbocycles. The third-order valence-corrected chi connectivity index (χ3v) is 4.76. The standard InChI is InChI=1S/C21H17BrN2O4/c22-17-11-5-4-10-16(17)20(21(25)23-14-15-8-2-1-3-9-15)28-19-13-7-6-12-18(19)24(26)27/h1-13,20H,14H2,(H,23,25). The largest absolute Gasteiger partial charge is 0.469 e. The number of nitro benzene ring substituents is 1. The molecular formula is C21H17BrN2O4. The highest BCUT2D eigenvalue weighted by atomic mass is 79.9. The topological polar surface area (TPSA) is 81.5 Å². The summed E-state index contributed by atoms with van der Waals surface area (Å²) in [6.07, 6.45) is -1.06. The first-order valence-corrected chi connectivity index (χ1v) is 9.31. The average molecular weight is 441 g/mol. The lowest BCUT2D eigenvalue weighted by Crippen LogP contribution is -2.32. The van der Waals surface area contributed by atoms with Crippen molar-refractivity contribution in [3.05, 3.63) is 105 Å². The predicted molar refractivity (Wildman–Crippen MR) is 109 cm³/mol. The maximum absolute atomic E-state index is 12.9. The van der Waals surface area contributed by atoms with Crippen LogP contribution < -0.4 is 10.1 Å². The number of nitrogens with one attached hydrogen (secondary N) is 1. The van der Waals surface area contributed by atoms with Crippen LogP contribution in [0.25, 0.3) is 0 Å². The van der Waals surface area contributed by atoms with E-state index in [0.717, 1.165) is 5.56 Å². The lowest BCUT2D eigenvalue weighted by Gasteiger charge is -2.20. The number of carbonyl (C=O) groups is 1. The van der Waals surface area contributed by atoms with E-state index in [1.807, 2.05) is 36.4 Å². The summed E-state index contributed by atoms with van der Waals surface area (Å²) in [5.41, 5.74) is 1.31.